The molecule has 0 saturated carbocycles. The summed E-state index contributed by atoms with van der Waals surface area (Å²) in [6.07, 6.45) is 8.80. The van der Waals surface area contributed by atoms with E-state index in [1.165, 1.54) is 0 Å². The van der Waals surface area contributed by atoms with E-state index in [-0.39, 0.29) is 0 Å². The molecule has 0 aromatic heterocycles. The van der Waals surface area contributed by atoms with Crippen LogP contribution in [0.1, 0.15) is 13.3 Å². The fourth-order valence-electron chi connectivity index (χ4n) is 0.994. The lowest BCUT2D eigenvalue weighted by Gasteiger charge is -1.98. The Bertz CT molecular complexity index is 295. The quantitative estimate of drug-likeness (QED) is 0.535. The molecule has 0 fully saturated rings. The summed E-state index contributed by atoms with van der Waals surface area (Å²) in [5.74, 6) is 6.84. The van der Waals surface area contributed by atoms with Crippen molar-refractivity contribution >= 4 is 0 Å². The van der Waals surface area contributed by atoms with Crippen LogP contribution in [0.25, 0.3) is 0 Å². The lowest BCUT2D eigenvalue weighted by atomic mass is 10.2. The van der Waals surface area contributed by atoms with Crippen molar-refractivity contribution in [1.29, 1.82) is 0 Å². The Labute approximate surface area is 73.4 Å². The Hall–Kier alpha value is -1.42. The van der Waals surface area contributed by atoms with Crippen molar-refractivity contribution in [2.45, 2.75) is 13.3 Å². The third-order valence-electron chi connectivity index (χ3n) is 1.61. The van der Waals surface area contributed by atoms with E-state index < -0.39 is 0 Å². The first kappa shape index (κ1) is 8.67. The summed E-state index contributed by atoms with van der Waals surface area (Å²) in [4.78, 5) is 0. The van der Waals surface area contributed by atoms with Crippen LogP contribution in [0.2, 0.25) is 0 Å². The van der Waals surface area contributed by atoms with Gasteiger partial charge in [-0.15, -0.1) is 5.92 Å². The van der Waals surface area contributed by atoms with E-state index >= 15 is 0 Å². The molecule has 1 rings (SSSR count). The Morgan fingerprint density at radius 2 is 2.33 bits per heavy atom. The van der Waals surface area contributed by atoms with Gasteiger partial charge in [0.2, 0.25) is 0 Å². The summed E-state index contributed by atoms with van der Waals surface area (Å²) in [5, 5.41) is 0. The summed E-state index contributed by atoms with van der Waals surface area (Å²) in [5.41, 5.74) is 1.06. The second kappa shape index (κ2) is 4.46. The van der Waals surface area contributed by atoms with Gasteiger partial charge in [0.25, 0.3) is 0 Å². The molecule has 0 amide bonds. The third-order valence-corrected chi connectivity index (χ3v) is 1.61. The fourth-order valence-corrected chi connectivity index (χ4v) is 0.994. The number of methoxy groups -OCH3 is 1. The topological polar surface area (TPSA) is 9.23 Å². The number of hydrogen-bond acceptors (Lipinski definition) is 1. The van der Waals surface area contributed by atoms with Crippen LogP contribution in [0.4, 0.5) is 0 Å². The SMILES string of the molecule is CC#CC1=CCC(OC)=CC=C1. The highest BCUT2D eigenvalue weighted by Crippen LogP contribution is 2.11. The first-order valence-electron chi connectivity index (χ1n) is 3.91. The van der Waals surface area contributed by atoms with Gasteiger partial charge >= 0.3 is 0 Å². The molecule has 0 aliphatic heterocycles. The second-order valence-corrected chi connectivity index (χ2v) is 2.43. The van der Waals surface area contributed by atoms with Gasteiger partial charge in [-0.2, -0.15) is 0 Å². The second-order valence-electron chi connectivity index (χ2n) is 2.43. The first-order valence-corrected chi connectivity index (χ1v) is 3.91. The highest BCUT2D eigenvalue weighted by atomic mass is 16.5. The zero-order valence-electron chi connectivity index (χ0n) is 7.42. The zero-order chi connectivity index (χ0) is 8.81. The van der Waals surface area contributed by atoms with Gasteiger partial charge in [0, 0.05) is 12.0 Å². The van der Waals surface area contributed by atoms with Gasteiger partial charge in [-0.1, -0.05) is 18.1 Å². The molecule has 0 aromatic carbocycles. The summed E-state index contributed by atoms with van der Waals surface area (Å²) in [7, 11) is 1.68. The smallest absolute Gasteiger partial charge is 0.0993 e. The first-order chi connectivity index (χ1) is 5.86. The molecule has 0 heterocycles. The molecule has 0 atom stereocenters. The van der Waals surface area contributed by atoms with E-state index in [0.717, 1.165) is 17.8 Å². The molecular formula is C11H12O. The van der Waals surface area contributed by atoms with E-state index in [9.17, 15) is 0 Å². The monoisotopic (exact) mass is 160 g/mol. The van der Waals surface area contributed by atoms with E-state index in [1.54, 1.807) is 7.11 Å². The van der Waals surface area contributed by atoms with Gasteiger partial charge in [-0.3, -0.25) is 0 Å². The normalized spacial score (nSPS) is 15.2. The minimum absolute atomic E-state index is 0.827. The maximum atomic E-state index is 5.11. The van der Waals surface area contributed by atoms with E-state index in [0.29, 0.717) is 0 Å². The Morgan fingerprint density at radius 3 is 3.00 bits per heavy atom. The van der Waals surface area contributed by atoms with E-state index in [1.807, 2.05) is 25.2 Å². The number of rotatable bonds is 1. The van der Waals surface area contributed by atoms with Crippen LogP contribution in [0.5, 0.6) is 0 Å². The van der Waals surface area contributed by atoms with Crippen molar-refractivity contribution in [3.8, 4) is 11.8 Å². The van der Waals surface area contributed by atoms with Gasteiger partial charge in [0.1, 0.15) is 0 Å². The van der Waals surface area contributed by atoms with Crippen molar-refractivity contribution < 1.29 is 4.74 Å². The molecular weight excluding hydrogens is 148 g/mol. The lowest BCUT2D eigenvalue weighted by molar-refractivity contribution is 0.285. The van der Waals surface area contributed by atoms with Gasteiger partial charge < -0.3 is 4.74 Å². The molecule has 0 unspecified atom stereocenters. The molecule has 1 nitrogen and oxygen atoms in total. The average molecular weight is 160 g/mol. The Kier molecular flexibility index (Phi) is 3.22. The summed E-state index contributed by atoms with van der Waals surface area (Å²) in [6.45, 7) is 1.84. The predicted octanol–water partition coefficient (Wildman–Crippen LogP) is 2.43. The molecule has 0 radical (unpaired) electrons. The van der Waals surface area contributed by atoms with Gasteiger partial charge in [0.05, 0.1) is 12.9 Å². The van der Waals surface area contributed by atoms with Crippen LogP contribution in [-0.2, 0) is 4.74 Å². The lowest BCUT2D eigenvalue weighted by Crippen LogP contribution is -1.82. The van der Waals surface area contributed by atoms with Crippen molar-refractivity contribution in [3.05, 3.63) is 35.6 Å². The Morgan fingerprint density at radius 1 is 1.50 bits per heavy atom. The van der Waals surface area contributed by atoms with Gasteiger partial charge in [-0.25, -0.2) is 0 Å². The molecule has 1 aliphatic rings. The maximum Gasteiger partial charge on any atom is 0.0993 e. The van der Waals surface area contributed by atoms with Gasteiger partial charge in [0.15, 0.2) is 0 Å². The van der Waals surface area contributed by atoms with Crippen molar-refractivity contribution in [2.75, 3.05) is 7.11 Å². The molecule has 0 spiro atoms. The van der Waals surface area contributed by atoms with Gasteiger partial charge in [-0.05, 0) is 19.1 Å². The highest BCUT2D eigenvalue weighted by Gasteiger charge is 1.96. The maximum absolute atomic E-state index is 5.11. The molecule has 0 bridgehead atoms. The van der Waals surface area contributed by atoms with Crippen molar-refractivity contribution in [3.63, 3.8) is 0 Å². The molecule has 0 N–H and O–H groups in total. The minimum atomic E-state index is 0.827. The zero-order valence-corrected chi connectivity index (χ0v) is 7.42. The Balaban J connectivity index is 2.75. The molecule has 12 heavy (non-hydrogen) atoms. The predicted molar refractivity (Wildman–Crippen MR) is 50.4 cm³/mol. The third kappa shape index (κ3) is 2.32. The number of ether oxygens (including phenoxy) is 1. The van der Waals surface area contributed by atoms with E-state index in [4.69, 9.17) is 4.74 Å². The fraction of sp³-hybridized carbons (Fsp3) is 0.273. The molecule has 0 aromatic rings. The van der Waals surface area contributed by atoms with Crippen LogP contribution >= 0.6 is 0 Å². The van der Waals surface area contributed by atoms with Crippen LogP contribution in [0, 0.1) is 11.8 Å². The van der Waals surface area contributed by atoms with Crippen LogP contribution in [-0.4, -0.2) is 7.11 Å². The highest BCUT2D eigenvalue weighted by molar-refractivity contribution is 5.41. The van der Waals surface area contributed by atoms with Crippen LogP contribution < -0.4 is 0 Å². The molecule has 1 heteroatoms. The van der Waals surface area contributed by atoms with Crippen molar-refractivity contribution in [1.82, 2.24) is 0 Å². The summed E-state index contributed by atoms with van der Waals surface area (Å²) in [6, 6.07) is 0. The average Bonchev–Trinajstić information content (AvgIpc) is 2.31. The largest absolute Gasteiger partial charge is 0.501 e. The van der Waals surface area contributed by atoms with Crippen LogP contribution in [0.15, 0.2) is 35.6 Å². The number of hydrogen-bond donors (Lipinski definition) is 0. The molecule has 0 saturated heterocycles. The molecule has 62 valence electrons. The number of allylic oxidation sites excluding steroid dienone is 5. The molecule has 1 aliphatic carbocycles. The summed E-state index contributed by atoms with van der Waals surface area (Å²) < 4.78 is 5.11. The minimum Gasteiger partial charge on any atom is -0.501 e. The van der Waals surface area contributed by atoms with E-state index in [2.05, 4.69) is 17.9 Å². The van der Waals surface area contributed by atoms with Crippen molar-refractivity contribution in [2.24, 2.45) is 0 Å². The van der Waals surface area contributed by atoms with Crippen LogP contribution in [0.3, 0.4) is 0 Å². The standard InChI is InChI=1S/C11H12O/c1-3-5-10-6-4-7-11(12-2)9-8-10/h4,6-8H,9H2,1-2H3. The summed E-state index contributed by atoms with van der Waals surface area (Å²) >= 11 is 0.